The minimum atomic E-state index is 0.121. The molecular weight excluding hydrogens is 332 g/mol. The van der Waals surface area contributed by atoms with E-state index in [2.05, 4.69) is 27.0 Å². The molecule has 25 heavy (non-hydrogen) atoms. The van der Waals surface area contributed by atoms with Gasteiger partial charge in [-0.25, -0.2) is 0 Å². The van der Waals surface area contributed by atoms with Gasteiger partial charge in [-0.1, -0.05) is 12.1 Å². The number of thiophene rings is 1. The van der Waals surface area contributed by atoms with Crippen molar-refractivity contribution in [2.45, 2.75) is 31.7 Å². The molecule has 0 bridgehead atoms. The first kappa shape index (κ1) is 18.0. The van der Waals surface area contributed by atoms with Crippen molar-refractivity contribution in [2.75, 3.05) is 26.7 Å². The van der Waals surface area contributed by atoms with Crippen molar-refractivity contribution in [3.63, 3.8) is 0 Å². The highest BCUT2D eigenvalue weighted by atomic mass is 32.1. The molecule has 1 unspecified atom stereocenters. The van der Waals surface area contributed by atoms with Crippen LogP contribution in [0.3, 0.4) is 0 Å². The molecule has 2 aromatic rings. The van der Waals surface area contributed by atoms with E-state index in [1.165, 1.54) is 18.4 Å². The first-order valence-corrected chi connectivity index (χ1v) is 9.86. The molecule has 1 aromatic heterocycles. The topological polar surface area (TPSA) is 41.6 Å². The van der Waals surface area contributed by atoms with Gasteiger partial charge in [0.25, 0.3) is 0 Å². The smallest absolute Gasteiger partial charge is 0.220 e. The zero-order valence-corrected chi connectivity index (χ0v) is 15.6. The summed E-state index contributed by atoms with van der Waals surface area (Å²) >= 11 is 1.72. The maximum Gasteiger partial charge on any atom is 0.220 e. The van der Waals surface area contributed by atoms with Crippen molar-refractivity contribution in [2.24, 2.45) is 0 Å². The summed E-state index contributed by atoms with van der Waals surface area (Å²) in [5, 5.41) is 7.46. The van der Waals surface area contributed by atoms with Gasteiger partial charge in [0.1, 0.15) is 5.75 Å². The number of carbonyl (C=O) groups is 1. The molecule has 1 atom stereocenters. The summed E-state index contributed by atoms with van der Waals surface area (Å²) in [6, 6.07) is 10.4. The second kappa shape index (κ2) is 9.02. The molecule has 1 fully saturated rings. The monoisotopic (exact) mass is 358 g/mol. The van der Waals surface area contributed by atoms with Crippen LogP contribution in [0.5, 0.6) is 5.75 Å². The average Bonchev–Trinajstić information content (AvgIpc) is 3.35. The van der Waals surface area contributed by atoms with Gasteiger partial charge in [0.05, 0.1) is 13.2 Å². The van der Waals surface area contributed by atoms with Gasteiger partial charge in [-0.3, -0.25) is 9.69 Å². The van der Waals surface area contributed by atoms with E-state index in [4.69, 9.17) is 4.74 Å². The second-order valence-corrected chi connectivity index (χ2v) is 7.25. The number of hydrogen-bond donors (Lipinski definition) is 1. The van der Waals surface area contributed by atoms with E-state index in [0.717, 1.165) is 30.8 Å². The van der Waals surface area contributed by atoms with Crippen LogP contribution in [0, 0.1) is 0 Å². The molecule has 1 aromatic carbocycles. The fourth-order valence-electron chi connectivity index (χ4n) is 3.32. The van der Waals surface area contributed by atoms with Crippen molar-refractivity contribution < 1.29 is 9.53 Å². The van der Waals surface area contributed by atoms with Crippen molar-refractivity contribution in [3.8, 4) is 5.75 Å². The van der Waals surface area contributed by atoms with E-state index in [1.54, 1.807) is 18.4 Å². The second-order valence-electron chi connectivity index (χ2n) is 6.47. The lowest BCUT2D eigenvalue weighted by Gasteiger charge is -2.27. The molecule has 0 aliphatic carbocycles. The fraction of sp³-hybridized carbons (Fsp3) is 0.450. The molecule has 1 aliphatic rings. The van der Waals surface area contributed by atoms with Gasteiger partial charge in [-0.05, 0) is 72.4 Å². The van der Waals surface area contributed by atoms with Crippen LogP contribution in [0.1, 0.15) is 36.4 Å². The van der Waals surface area contributed by atoms with E-state index in [9.17, 15) is 4.79 Å². The van der Waals surface area contributed by atoms with Crippen LogP contribution < -0.4 is 10.1 Å². The van der Waals surface area contributed by atoms with Gasteiger partial charge in [0, 0.05) is 13.0 Å². The van der Waals surface area contributed by atoms with Gasteiger partial charge >= 0.3 is 0 Å². The van der Waals surface area contributed by atoms with E-state index < -0.39 is 0 Å². The fourth-order valence-corrected chi connectivity index (χ4v) is 4.03. The van der Waals surface area contributed by atoms with Crippen LogP contribution in [0.2, 0.25) is 0 Å². The van der Waals surface area contributed by atoms with Crippen LogP contribution in [-0.4, -0.2) is 37.6 Å². The molecule has 1 saturated heterocycles. The third kappa shape index (κ3) is 5.06. The summed E-state index contributed by atoms with van der Waals surface area (Å²) < 4.78 is 5.16. The van der Waals surface area contributed by atoms with Crippen molar-refractivity contribution in [3.05, 3.63) is 52.2 Å². The number of benzene rings is 1. The van der Waals surface area contributed by atoms with Gasteiger partial charge < -0.3 is 10.1 Å². The maximum absolute atomic E-state index is 12.3. The third-order valence-electron chi connectivity index (χ3n) is 4.80. The van der Waals surface area contributed by atoms with Crippen LogP contribution in [0.4, 0.5) is 0 Å². The Morgan fingerprint density at radius 2 is 2.00 bits per heavy atom. The minimum Gasteiger partial charge on any atom is -0.497 e. The number of nitrogens with zero attached hydrogens (tertiary/aromatic N) is 1. The van der Waals surface area contributed by atoms with Crippen molar-refractivity contribution in [1.29, 1.82) is 0 Å². The van der Waals surface area contributed by atoms with Crippen molar-refractivity contribution in [1.82, 2.24) is 10.2 Å². The van der Waals surface area contributed by atoms with E-state index >= 15 is 0 Å². The molecular formula is C20H26N2O2S. The van der Waals surface area contributed by atoms with Gasteiger partial charge in [0.2, 0.25) is 5.91 Å². The number of likely N-dealkylation sites (tertiary alicyclic amines) is 1. The van der Waals surface area contributed by atoms with Gasteiger partial charge in [-0.15, -0.1) is 0 Å². The Labute approximate surface area is 153 Å². The summed E-state index contributed by atoms with van der Waals surface area (Å²) in [4.78, 5) is 14.8. The lowest BCUT2D eigenvalue weighted by Crippen LogP contribution is -2.36. The van der Waals surface area contributed by atoms with Gasteiger partial charge in [0.15, 0.2) is 0 Å². The number of hydrogen-bond acceptors (Lipinski definition) is 4. The molecule has 134 valence electrons. The van der Waals surface area contributed by atoms with E-state index in [-0.39, 0.29) is 5.91 Å². The summed E-state index contributed by atoms with van der Waals surface area (Å²) in [6.07, 6.45) is 3.78. The number of carbonyl (C=O) groups excluding carboxylic acids is 1. The Kier molecular flexibility index (Phi) is 6.48. The third-order valence-corrected chi connectivity index (χ3v) is 5.50. The zero-order chi connectivity index (χ0) is 17.5. The van der Waals surface area contributed by atoms with Crippen LogP contribution >= 0.6 is 11.3 Å². The Hall–Kier alpha value is -1.85. The van der Waals surface area contributed by atoms with Crippen LogP contribution in [0.15, 0.2) is 41.1 Å². The molecule has 0 saturated carbocycles. The summed E-state index contributed by atoms with van der Waals surface area (Å²) in [6.45, 7) is 2.95. The molecule has 2 heterocycles. The van der Waals surface area contributed by atoms with Crippen molar-refractivity contribution >= 4 is 17.2 Å². The molecule has 0 radical (unpaired) electrons. The summed E-state index contributed by atoms with van der Waals surface area (Å²) in [5.41, 5.74) is 2.48. The van der Waals surface area contributed by atoms with Crippen LogP contribution in [0.25, 0.3) is 0 Å². The molecule has 0 spiro atoms. The Bertz CT molecular complexity index is 649. The van der Waals surface area contributed by atoms with E-state index in [0.29, 0.717) is 19.0 Å². The highest BCUT2D eigenvalue weighted by molar-refractivity contribution is 7.07. The Morgan fingerprint density at radius 3 is 2.64 bits per heavy atom. The van der Waals surface area contributed by atoms with Crippen LogP contribution in [-0.2, 0) is 11.2 Å². The molecule has 1 aliphatic heterocycles. The SMILES string of the molecule is COc1ccc(CCC(=O)NCC(c2ccsc2)N2CCCC2)cc1. The molecule has 3 rings (SSSR count). The Balaban J connectivity index is 1.49. The number of ether oxygens (including phenoxy) is 1. The highest BCUT2D eigenvalue weighted by Crippen LogP contribution is 2.26. The average molecular weight is 359 g/mol. The maximum atomic E-state index is 12.3. The quantitative estimate of drug-likeness (QED) is 0.783. The number of aryl methyl sites for hydroxylation is 1. The summed E-state index contributed by atoms with van der Waals surface area (Å²) in [7, 11) is 1.66. The normalized spacial score (nSPS) is 15.9. The number of rotatable bonds is 8. The lowest BCUT2D eigenvalue weighted by molar-refractivity contribution is -0.121. The molecule has 4 nitrogen and oxygen atoms in total. The largest absolute Gasteiger partial charge is 0.497 e. The number of amides is 1. The van der Waals surface area contributed by atoms with E-state index in [1.807, 2.05) is 24.3 Å². The zero-order valence-electron chi connectivity index (χ0n) is 14.7. The standard InChI is InChI=1S/C20H26N2O2S/c1-24-18-7-4-16(5-8-18)6-9-20(23)21-14-19(17-10-13-25-15-17)22-11-2-3-12-22/h4-5,7-8,10,13,15,19H,2-3,6,9,11-12,14H2,1H3,(H,21,23). The number of methoxy groups -OCH3 is 1. The highest BCUT2D eigenvalue weighted by Gasteiger charge is 2.24. The van der Waals surface area contributed by atoms with Gasteiger partial charge in [-0.2, -0.15) is 11.3 Å². The molecule has 1 amide bonds. The minimum absolute atomic E-state index is 0.121. The molecule has 5 heteroatoms. The summed E-state index contributed by atoms with van der Waals surface area (Å²) in [5.74, 6) is 0.965. The first-order valence-electron chi connectivity index (χ1n) is 8.92. The lowest BCUT2D eigenvalue weighted by atomic mass is 10.1. The predicted molar refractivity (Wildman–Crippen MR) is 102 cm³/mol. The Morgan fingerprint density at radius 1 is 1.24 bits per heavy atom. The first-order chi connectivity index (χ1) is 12.3. The number of nitrogens with one attached hydrogen (secondary N) is 1. The molecule has 1 N–H and O–H groups in total. The predicted octanol–water partition coefficient (Wildman–Crippen LogP) is 3.64.